The average Bonchev–Trinajstić information content (AvgIpc) is 2.60. The second-order valence-electron chi connectivity index (χ2n) is 2.82. The fourth-order valence-electron chi connectivity index (χ4n) is 0.921. The molecule has 0 aromatic carbocycles. The molecule has 0 saturated heterocycles. The van der Waals surface area contributed by atoms with Crippen LogP contribution in [0.25, 0.3) is 0 Å². The molecule has 1 atom stereocenters. The third-order valence-corrected chi connectivity index (χ3v) is 1.60. The second kappa shape index (κ2) is 4.91. The van der Waals surface area contributed by atoms with Crippen LogP contribution in [0.1, 0.15) is 24.4 Å². The summed E-state index contributed by atoms with van der Waals surface area (Å²) in [7, 11) is 0. The van der Waals surface area contributed by atoms with Gasteiger partial charge in [0.15, 0.2) is 5.03 Å². The van der Waals surface area contributed by atoms with Crippen molar-refractivity contribution < 1.29 is 9.66 Å². The lowest BCUT2D eigenvalue weighted by atomic mass is 10.2. The molecule has 16 heavy (non-hydrogen) atoms. The third-order valence-electron chi connectivity index (χ3n) is 1.60. The van der Waals surface area contributed by atoms with Crippen LogP contribution >= 0.6 is 0 Å². The highest BCUT2D eigenvalue weighted by Crippen LogP contribution is 2.16. The molecule has 1 heterocycles. The lowest BCUT2D eigenvalue weighted by Crippen LogP contribution is -2.10. The molecule has 0 aliphatic rings. The monoisotopic (exact) mass is 227 g/mol. The number of hydrogen-bond donors (Lipinski definition) is 1. The van der Waals surface area contributed by atoms with Crippen molar-refractivity contribution in [1.82, 2.24) is 10.3 Å². The molecule has 2 N–H and O–H groups in total. The minimum absolute atomic E-state index is 0.466. The van der Waals surface area contributed by atoms with E-state index in [-0.39, 0.29) is 0 Å². The van der Waals surface area contributed by atoms with Crippen LogP contribution in [0.5, 0.6) is 0 Å². The van der Waals surface area contributed by atoms with E-state index in [9.17, 15) is 10.1 Å². The number of nitrogens with zero attached hydrogens (tertiary/aromatic N) is 6. The van der Waals surface area contributed by atoms with Gasteiger partial charge in [0.25, 0.3) is 0 Å². The van der Waals surface area contributed by atoms with Gasteiger partial charge in [0.05, 0.1) is 0 Å². The van der Waals surface area contributed by atoms with Gasteiger partial charge < -0.3 is 5.73 Å². The van der Waals surface area contributed by atoms with Crippen molar-refractivity contribution in [3.05, 3.63) is 21.5 Å². The van der Waals surface area contributed by atoms with Crippen LogP contribution in [0.4, 0.5) is 0 Å². The van der Waals surface area contributed by atoms with Crippen molar-refractivity contribution in [2.45, 2.75) is 19.9 Å². The molecule has 0 aliphatic heterocycles. The molecule has 0 aliphatic carbocycles. The summed E-state index contributed by atoms with van der Waals surface area (Å²) in [6.45, 7) is 3.35. The van der Waals surface area contributed by atoms with Gasteiger partial charge in [-0.2, -0.15) is 5.11 Å². The van der Waals surface area contributed by atoms with E-state index in [0.29, 0.717) is 11.4 Å². The predicted octanol–water partition coefficient (Wildman–Crippen LogP) is 0.398. The van der Waals surface area contributed by atoms with Gasteiger partial charge >= 0.3 is 5.96 Å². The molecule has 0 fully saturated rings. The summed E-state index contributed by atoms with van der Waals surface area (Å²) < 4.78 is 4.47. The lowest BCUT2D eigenvalue weighted by Gasteiger charge is -1.97. The normalized spacial score (nSPS) is 14.2. The second-order valence-corrected chi connectivity index (χ2v) is 2.82. The van der Waals surface area contributed by atoms with E-state index in [4.69, 9.17) is 5.73 Å². The molecule has 1 unspecified atom stereocenters. The number of hydrazone groups is 1. The fourth-order valence-corrected chi connectivity index (χ4v) is 0.921. The first-order valence-corrected chi connectivity index (χ1v) is 4.19. The Hall–Kier alpha value is -2.39. The summed E-state index contributed by atoms with van der Waals surface area (Å²) >= 11 is 0. The van der Waals surface area contributed by atoms with Crippen LogP contribution < -0.4 is 5.73 Å². The summed E-state index contributed by atoms with van der Waals surface area (Å²) in [6.07, 6.45) is 0. The molecule has 1 aromatic heterocycles. The quantitative estimate of drug-likeness (QED) is 0.260. The molecule has 10 nitrogen and oxygen atoms in total. The zero-order valence-electron chi connectivity index (χ0n) is 8.56. The number of nitrogens with two attached hydrogens (primary N) is 1. The molecule has 86 valence electrons. The highest BCUT2D eigenvalue weighted by molar-refractivity contribution is 5.77. The zero-order valence-corrected chi connectivity index (χ0v) is 8.56. The van der Waals surface area contributed by atoms with Gasteiger partial charge in [-0.1, -0.05) is 10.3 Å². The van der Waals surface area contributed by atoms with E-state index >= 15 is 0 Å². The van der Waals surface area contributed by atoms with Gasteiger partial charge in [-0.05, 0) is 13.8 Å². The highest BCUT2D eigenvalue weighted by atomic mass is 16.7. The molecular formula is C6H9N7O3. The number of nitro groups is 1. The Morgan fingerprint density at radius 2 is 2.31 bits per heavy atom. The minimum atomic E-state index is -0.956. The van der Waals surface area contributed by atoms with Crippen molar-refractivity contribution in [3.8, 4) is 0 Å². The molecule has 0 saturated carbocycles. The fraction of sp³-hybridized carbons (Fsp3) is 0.500. The first-order chi connectivity index (χ1) is 7.50. The van der Waals surface area contributed by atoms with Crippen LogP contribution in [-0.2, 0) is 0 Å². The molecule has 1 rings (SSSR count). The Labute approximate surface area is 89.3 Å². The van der Waals surface area contributed by atoms with Crippen LogP contribution in [0.15, 0.2) is 20.0 Å². The highest BCUT2D eigenvalue weighted by Gasteiger charge is 2.13. The average molecular weight is 227 g/mol. The Balaban J connectivity index is 2.72. The number of hydrogen-bond acceptors (Lipinski definition) is 6. The minimum Gasteiger partial charge on any atom is -0.362 e. The molecule has 0 radical (unpaired) electrons. The standard InChI is InChI=1S/C6H9N7O3/c1-3(5-4(2)11-16-12-5)8-9-6(7)10-13(14)15/h3H,1-2H3,(H2,7,10). The SMILES string of the molecule is Cc1nonc1C(C)N=NC(N)=N[N+](=O)[O-]. The van der Waals surface area contributed by atoms with Crippen LogP contribution in [-0.4, -0.2) is 21.3 Å². The number of azo groups is 1. The van der Waals surface area contributed by atoms with Crippen LogP contribution in [0, 0.1) is 17.0 Å². The molecule has 0 spiro atoms. The number of aromatic nitrogens is 2. The van der Waals surface area contributed by atoms with Crippen molar-refractivity contribution in [2.75, 3.05) is 0 Å². The lowest BCUT2D eigenvalue weighted by molar-refractivity contribution is -0.485. The summed E-state index contributed by atoms with van der Waals surface area (Å²) in [4.78, 5) is 9.94. The maximum absolute atomic E-state index is 9.94. The summed E-state index contributed by atoms with van der Waals surface area (Å²) in [5.74, 6) is -0.536. The summed E-state index contributed by atoms with van der Waals surface area (Å²) in [6, 6.07) is -0.466. The Morgan fingerprint density at radius 3 is 2.81 bits per heavy atom. The number of guanidine groups is 1. The predicted molar refractivity (Wildman–Crippen MR) is 50.9 cm³/mol. The van der Waals surface area contributed by atoms with Crippen LogP contribution in [0.3, 0.4) is 0 Å². The summed E-state index contributed by atoms with van der Waals surface area (Å²) in [5, 5.41) is 25.9. The van der Waals surface area contributed by atoms with E-state index in [1.54, 1.807) is 13.8 Å². The first-order valence-electron chi connectivity index (χ1n) is 4.19. The van der Waals surface area contributed by atoms with Crippen LogP contribution in [0.2, 0.25) is 0 Å². The van der Waals surface area contributed by atoms with E-state index in [2.05, 4.69) is 30.3 Å². The Bertz CT molecular complexity index is 437. The molecular weight excluding hydrogens is 218 g/mol. The molecule has 0 bridgehead atoms. The van der Waals surface area contributed by atoms with Gasteiger partial charge in [0, 0.05) is 0 Å². The maximum atomic E-state index is 9.94. The van der Waals surface area contributed by atoms with E-state index in [0.717, 1.165) is 0 Å². The van der Waals surface area contributed by atoms with Crippen molar-refractivity contribution in [1.29, 1.82) is 0 Å². The smallest absolute Gasteiger partial charge is 0.310 e. The van der Waals surface area contributed by atoms with Gasteiger partial charge in [-0.3, -0.25) is 0 Å². The van der Waals surface area contributed by atoms with Gasteiger partial charge in [-0.25, -0.2) is 14.7 Å². The van der Waals surface area contributed by atoms with E-state index in [1.165, 1.54) is 0 Å². The van der Waals surface area contributed by atoms with Gasteiger partial charge in [-0.15, -0.1) is 5.11 Å². The zero-order chi connectivity index (χ0) is 12.1. The van der Waals surface area contributed by atoms with E-state index < -0.39 is 17.0 Å². The third kappa shape index (κ3) is 3.08. The maximum Gasteiger partial charge on any atom is 0.310 e. The molecule has 1 aromatic rings. The Kier molecular flexibility index (Phi) is 3.58. The van der Waals surface area contributed by atoms with Gasteiger partial charge in [0.1, 0.15) is 22.5 Å². The Morgan fingerprint density at radius 1 is 1.62 bits per heavy atom. The molecule has 10 heteroatoms. The largest absolute Gasteiger partial charge is 0.362 e. The number of rotatable bonds is 3. The topological polar surface area (TPSA) is 145 Å². The van der Waals surface area contributed by atoms with Crippen molar-refractivity contribution >= 4 is 5.96 Å². The summed E-state index contributed by atoms with van der Waals surface area (Å²) in [5.41, 5.74) is 6.15. The van der Waals surface area contributed by atoms with Crippen molar-refractivity contribution in [2.24, 2.45) is 21.1 Å². The first kappa shape index (κ1) is 11.7. The number of aryl methyl sites for hydroxylation is 1. The molecule has 0 amide bonds. The van der Waals surface area contributed by atoms with E-state index in [1.807, 2.05) is 0 Å². The van der Waals surface area contributed by atoms with Crippen molar-refractivity contribution in [3.63, 3.8) is 0 Å². The van der Waals surface area contributed by atoms with Gasteiger partial charge in [0.2, 0.25) is 0 Å².